The lowest BCUT2D eigenvalue weighted by Crippen LogP contribution is -2.27. The fourth-order valence-electron chi connectivity index (χ4n) is 1.74. The molecule has 1 heterocycles. The van der Waals surface area contributed by atoms with Crippen molar-refractivity contribution in [1.82, 2.24) is 15.1 Å². The van der Waals surface area contributed by atoms with E-state index in [1.807, 2.05) is 6.07 Å². The predicted molar refractivity (Wildman–Crippen MR) is 73.4 cm³/mol. The van der Waals surface area contributed by atoms with Gasteiger partial charge in [-0.3, -0.25) is 4.79 Å². The highest BCUT2D eigenvalue weighted by Gasteiger charge is 2.14. The summed E-state index contributed by atoms with van der Waals surface area (Å²) in [6.07, 6.45) is 0. The average molecular weight is 267 g/mol. The van der Waals surface area contributed by atoms with Gasteiger partial charge in [0.1, 0.15) is 5.82 Å². The number of anilines is 1. The number of hydrogen-bond donors (Lipinski definition) is 1. The molecule has 0 fully saturated rings. The van der Waals surface area contributed by atoms with Crippen LogP contribution in [0.15, 0.2) is 36.4 Å². The normalized spacial score (nSPS) is 9.80. The van der Waals surface area contributed by atoms with Gasteiger partial charge in [-0.1, -0.05) is 12.1 Å². The Balaban J connectivity index is 2.11. The Hall–Kier alpha value is -2.94. The minimum absolute atomic E-state index is 0.234. The molecule has 100 valence electrons. The van der Waals surface area contributed by atoms with E-state index in [0.29, 0.717) is 12.1 Å². The first kappa shape index (κ1) is 13.5. The van der Waals surface area contributed by atoms with E-state index in [-0.39, 0.29) is 17.4 Å². The van der Waals surface area contributed by atoms with E-state index in [0.717, 1.165) is 5.56 Å². The summed E-state index contributed by atoms with van der Waals surface area (Å²) in [4.78, 5) is 13.6. The SMILES string of the molecule is CN(Cc1cccc(C#N)c1)C(=O)c1ccc(N)nn1. The lowest BCUT2D eigenvalue weighted by molar-refractivity contribution is 0.0778. The zero-order chi connectivity index (χ0) is 14.5. The molecule has 6 nitrogen and oxygen atoms in total. The second-order valence-electron chi connectivity index (χ2n) is 4.32. The maximum absolute atomic E-state index is 12.1. The number of carbonyl (C=O) groups is 1. The Kier molecular flexibility index (Phi) is 3.91. The van der Waals surface area contributed by atoms with Gasteiger partial charge in [0.05, 0.1) is 11.6 Å². The van der Waals surface area contributed by atoms with Crippen LogP contribution in [0.25, 0.3) is 0 Å². The second-order valence-corrected chi connectivity index (χ2v) is 4.32. The highest BCUT2D eigenvalue weighted by molar-refractivity contribution is 5.92. The van der Waals surface area contributed by atoms with Crippen LogP contribution in [0.4, 0.5) is 5.82 Å². The smallest absolute Gasteiger partial charge is 0.274 e. The van der Waals surface area contributed by atoms with E-state index in [1.165, 1.54) is 17.0 Å². The number of nitrogens with two attached hydrogens (primary N) is 1. The first-order valence-electron chi connectivity index (χ1n) is 5.94. The molecule has 6 heteroatoms. The van der Waals surface area contributed by atoms with Crippen molar-refractivity contribution in [2.75, 3.05) is 12.8 Å². The van der Waals surface area contributed by atoms with Gasteiger partial charge in [0.25, 0.3) is 5.91 Å². The molecule has 20 heavy (non-hydrogen) atoms. The standard InChI is InChI=1S/C14H13N5O/c1-19(9-11-4-2-3-10(7-11)8-15)14(20)12-5-6-13(16)18-17-12/h2-7H,9H2,1H3,(H2,16,18). The summed E-state index contributed by atoms with van der Waals surface area (Å²) in [5.74, 6) is 0.0192. The van der Waals surface area contributed by atoms with E-state index in [2.05, 4.69) is 16.3 Å². The number of rotatable bonds is 3. The fourth-order valence-corrected chi connectivity index (χ4v) is 1.74. The zero-order valence-electron chi connectivity index (χ0n) is 10.9. The molecule has 0 bridgehead atoms. The van der Waals surface area contributed by atoms with Crippen LogP contribution < -0.4 is 5.73 Å². The lowest BCUT2D eigenvalue weighted by atomic mass is 10.1. The first-order chi connectivity index (χ1) is 9.60. The van der Waals surface area contributed by atoms with Crippen molar-refractivity contribution >= 4 is 11.7 Å². The number of nitriles is 1. The van der Waals surface area contributed by atoms with Gasteiger partial charge in [0.15, 0.2) is 5.69 Å². The van der Waals surface area contributed by atoms with Crippen molar-refractivity contribution in [3.63, 3.8) is 0 Å². The van der Waals surface area contributed by atoms with Gasteiger partial charge in [-0.05, 0) is 29.8 Å². The second kappa shape index (κ2) is 5.80. The van der Waals surface area contributed by atoms with Crippen molar-refractivity contribution in [2.24, 2.45) is 0 Å². The summed E-state index contributed by atoms with van der Waals surface area (Å²) in [6.45, 7) is 0.389. The van der Waals surface area contributed by atoms with Crippen molar-refractivity contribution < 1.29 is 4.79 Å². The van der Waals surface area contributed by atoms with Gasteiger partial charge < -0.3 is 10.6 Å². The van der Waals surface area contributed by atoms with E-state index >= 15 is 0 Å². The third-order valence-electron chi connectivity index (χ3n) is 2.73. The van der Waals surface area contributed by atoms with E-state index < -0.39 is 0 Å². The van der Waals surface area contributed by atoms with Gasteiger partial charge >= 0.3 is 0 Å². The maximum atomic E-state index is 12.1. The van der Waals surface area contributed by atoms with Crippen LogP contribution in [0.5, 0.6) is 0 Å². The Morgan fingerprint density at radius 3 is 2.80 bits per heavy atom. The molecule has 0 saturated heterocycles. The van der Waals surface area contributed by atoms with E-state index in [9.17, 15) is 4.79 Å². The first-order valence-corrected chi connectivity index (χ1v) is 5.94. The minimum atomic E-state index is -0.250. The summed E-state index contributed by atoms with van der Waals surface area (Å²) in [7, 11) is 1.67. The van der Waals surface area contributed by atoms with Crippen LogP contribution in [0.1, 0.15) is 21.6 Å². The van der Waals surface area contributed by atoms with Gasteiger partial charge in [0, 0.05) is 13.6 Å². The minimum Gasteiger partial charge on any atom is -0.382 e. The average Bonchev–Trinajstić information content (AvgIpc) is 2.47. The molecule has 2 N–H and O–H groups in total. The molecule has 1 aromatic carbocycles. The topological polar surface area (TPSA) is 95.9 Å². The van der Waals surface area contributed by atoms with Crippen LogP contribution >= 0.6 is 0 Å². The molecular weight excluding hydrogens is 254 g/mol. The molecular formula is C14H13N5O. The Bertz CT molecular complexity index is 660. The molecule has 2 aromatic rings. The third-order valence-corrected chi connectivity index (χ3v) is 2.73. The quantitative estimate of drug-likeness (QED) is 0.901. The molecule has 1 amide bonds. The van der Waals surface area contributed by atoms with Gasteiger partial charge in [0.2, 0.25) is 0 Å². The van der Waals surface area contributed by atoms with Crippen molar-refractivity contribution in [3.05, 3.63) is 53.2 Å². The Labute approximate surface area is 116 Å². The predicted octanol–water partition coefficient (Wildman–Crippen LogP) is 1.20. The summed E-state index contributed by atoms with van der Waals surface area (Å²) >= 11 is 0. The number of aromatic nitrogens is 2. The Morgan fingerprint density at radius 2 is 2.15 bits per heavy atom. The molecule has 0 atom stereocenters. The van der Waals surface area contributed by atoms with Crippen LogP contribution in [-0.2, 0) is 6.54 Å². The number of benzene rings is 1. The largest absolute Gasteiger partial charge is 0.382 e. The number of carbonyl (C=O) groups excluding carboxylic acids is 1. The molecule has 1 aromatic heterocycles. The molecule has 0 unspecified atom stereocenters. The molecule has 0 aliphatic rings. The van der Waals surface area contributed by atoms with Crippen molar-refractivity contribution in [3.8, 4) is 6.07 Å². The third kappa shape index (κ3) is 3.09. The molecule has 0 saturated carbocycles. The monoisotopic (exact) mass is 267 g/mol. The Morgan fingerprint density at radius 1 is 1.35 bits per heavy atom. The lowest BCUT2D eigenvalue weighted by Gasteiger charge is -2.16. The van der Waals surface area contributed by atoms with Crippen molar-refractivity contribution in [2.45, 2.75) is 6.54 Å². The molecule has 2 rings (SSSR count). The van der Waals surface area contributed by atoms with Crippen LogP contribution in [-0.4, -0.2) is 28.1 Å². The maximum Gasteiger partial charge on any atom is 0.274 e. The fraction of sp³-hybridized carbons (Fsp3) is 0.143. The number of nitrogens with zero attached hydrogens (tertiary/aromatic N) is 4. The van der Waals surface area contributed by atoms with Gasteiger partial charge in [-0.25, -0.2) is 0 Å². The summed E-state index contributed by atoms with van der Waals surface area (Å²) in [5.41, 5.74) is 7.11. The summed E-state index contributed by atoms with van der Waals surface area (Å²) in [5, 5.41) is 16.3. The molecule has 0 aliphatic carbocycles. The number of nitrogen functional groups attached to an aromatic ring is 1. The van der Waals surface area contributed by atoms with Gasteiger partial charge in [-0.15, -0.1) is 10.2 Å². The van der Waals surface area contributed by atoms with Crippen LogP contribution in [0.3, 0.4) is 0 Å². The van der Waals surface area contributed by atoms with Crippen LogP contribution in [0, 0.1) is 11.3 Å². The van der Waals surface area contributed by atoms with E-state index in [4.69, 9.17) is 11.0 Å². The van der Waals surface area contributed by atoms with E-state index in [1.54, 1.807) is 25.2 Å². The highest BCUT2D eigenvalue weighted by Crippen LogP contribution is 2.09. The number of hydrogen-bond acceptors (Lipinski definition) is 5. The van der Waals surface area contributed by atoms with Gasteiger partial charge in [-0.2, -0.15) is 5.26 Å². The van der Waals surface area contributed by atoms with Crippen LogP contribution in [0.2, 0.25) is 0 Å². The summed E-state index contributed by atoms with van der Waals surface area (Å²) < 4.78 is 0. The summed E-state index contributed by atoms with van der Waals surface area (Å²) in [6, 6.07) is 12.2. The molecule has 0 spiro atoms. The number of amides is 1. The van der Waals surface area contributed by atoms with Crippen molar-refractivity contribution in [1.29, 1.82) is 5.26 Å². The zero-order valence-corrected chi connectivity index (χ0v) is 10.9. The highest BCUT2D eigenvalue weighted by atomic mass is 16.2. The molecule has 0 radical (unpaired) electrons. The molecule has 0 aliphatic heterocycles.